The van der Waals surface area contributed by atoms with Crippen LogP contribution < -0.4 is 0 Å². The Bertz CT molecular complexity index is 625. The van der Waals surface area contributed by atoms with Crippen molar-refractivity contribution in [1.82, 2.24) is 0 Å². The van der Waals surface area contributed by atoms with Crippen LogP contribution >= 0.6 is 75.3 Å². The van der Waals surface area contributed by atoms with E-state index < -0.39 is 0 Å². The third-order valence-electron chi connectivity index (χ3n) is 2.79. The Morgan fingerprint density at radius 1 is 0.895 bits per heavy atom. The van der Waals surface area contributed by atoms with Gasteiger partial charge < -0.3 is 0 Å². The van der Waals surface area contributed by atoms with Crippen LogP contribution in [0, 0.1) is 6.92 Å². The fraction of sp³-hybridized carbons (Fsp3) is 0.143. The highest BCUT2D eigenvalue weighted by Gasteiger charge is 2.17. The molecule has 19 heavy (non-hydrogen) atoms. The van der Waals surface area contributed by atoms with E-state index in [0.717, 1.165) is 24.0 Å². The summed E-state index contributed by atoms with van der Waals surface area (Å²) < 4.78 is 3.17. The molecule has 0 amide bonds. The van der Waals surface area contributed by atoms with Gasteiger partial charge >= 0.3 is 0 Å². The summed E-state index contributed by atoms with van der Waals surface area (Å²) in [6.07, 6.45) is 0. The van der Waals surface area contributed by atoms with Gasteiger partial charge in [0.1, 0.15) is 0 Å². The standard InChI is InChI=1S/C14H9Br4Cl/c1-7-4-12(16)10(6-11(7)15)14(18)9-3-2-8(19)5-13(9)17/h2-6,14H,1H3. The van der Waals surface area contributed by atoms with Crippen LogP contribution in [0.25, 0.3) is 0 Å². The van der Waals surface area contributed by atoms with Gasteiger partial charge in [-0.05, 0) is 47.9 Å². The molecular formula is C14H9Br4Cl. The van der Waals surface area contributed by atoms with Crippen molar-refractivity contribution < 1.29 is 0 Å². The normalized spacial score (nSPS) is 12.5. The van der Waals surface area contributed by atoms with Crippen LogP contribution in [0.1, 0.15) is 21.5 Å². The highest BCUT2D eigenvalue weighted by atomic mass is 79.9. The van der Waals surface area contributed by atoms with E-state index >= 15 is 0 Å². The van der Waals surface area contributed by atoms with Gasteiger partial charge in [-0.2, -0.15) is 0 Å². The molecule has 100 valence electrons. The van der Waals surface area contributed by atoms with Crippen molar-refractivity contribution in [2.24, 2.45) is 0 Å². The summed E-state index contributed by atoms with van der Waals surface area (Å²) in [5.74, 6) is 0. The molecule has 0 radical (unpaired) electrons. The average Bonchev–Trinajstić information content (AvgIpc) is 2.33. The maximum Gasteiger partial charge on any atom is 0.0666 e. The highest BCUT2D eigenvalue weighted by molar-refractivity contribution is 9.11. The molecule has 2 aromatic carbocycles. The van der Waals surface area contributed by atoms with Crippen molar-refractivity contribution in [1.29, 1.82) is 0 Å². The van der Waals surface area contributed by atoms with E-state index in [4.69, 9.17) is 11.6 Å². The first-order chi connectivity index (χ1) is 8.90. The van der Waals surface area contributed by atoms with Gasteiger partial charge in [0, 0.05) is 18.4 Å². The zero-order valence-electron chi connectivity index (χ0n) is 9.85. The van der Waals surface area contributed by atoms with E-state index in [-0.39, 0.29) is 4.83 Å². The Kier molecular flexibility index (Phi) is 5.58. The lowest BCUT2D eigenvalue weighted by Crippen LogP contribution is -1.96. The Morgan fingerprint density at radius 2 is 1.53 bits per heavy atom. The molecule has 1 atom stereocenters. The first-order valence-corrected chi connectivity index (χ1v) is 9.12. The van der Waals surface area contributed by atoms with Gasteiger partial charge in [0.2, 0.25) is 0 Å². The Hall–Kier alpha value is 0.650. The molecule has 0 aromatic heterocycles. The first kappa shape index (κ1) is 16.0. The average molecular weight is 532 g/mol. The molecule has 0 fully saturated rings. The van der Waals surface area contributed by atoms with Crippen molar-refractivity contribution in [2.45, 2.75) is 11.8 Å². The second kappa shape index (κ2) is 6.61. The summed E-state index contributed by atoms with van der Waals surface area (Å²) in [4.78, 5) is 0.0883. The zero-order chi connectivity index (χ0) is 14.2. The molecule has 0 aliphatic heterocycles. The third-order valence-corrected chi connectivity index (χ3v) is 6.24. The van der Waals surface area contributed by atoms with Crippen molar-refractivity contribution in [2.75, 3.05) is 0 Å². The van der Waals surface area contributed by atoms with E-state index in [2.05, 4.69) is 82.8 Å². The number of rotatable bonds is 2. The summed E-state index contributed by atoms with van der Waals surface area (Å²) >= 11 is 20.5. The molecule has 0 saturated carbocycles. The third kappa shape index (κ3) is 3.65. The SMILES string of the molecule is Cc1cc(Br)c(C(Br)c2ccc(Cl)cc2Br)cc1Br. The minimum atomic E-state index is 0.0883. The molecule has 0 spiro atoms. The molecule has 0 nitrogen and oxygen atoms in total. The lowest BCUT2D eigenvalue weighted by Gasteiger charge is -2.16. The van der Waals surface area contributed by atoms with Gasteiger partial charge in [-0.25, -0.2) is 0 Å². The smallest absolute Gasteiger partial charge is 0.0666 e. The van der Waals surface area contributed by atoms with Gasteiger partial charge in [0.25, 0.3) is 0 Å². The van der Waals surface area contributed by atoms with E-state index in [0.29, 0.717) is 0 Å². The summed E-state index contributed by atoms with van der Waals surface area (Å²) in [5.41, 5.74) is 3.51. The second-order valence-corrected chi connectivity index (χ2v) is 8.07. The van der Waals surface area contributed by atoms with Crippen LogP contribution in [-0.4, -0.2) is 0 Å². The summed E-state index contributed by atoms with van der Waals surface area (Å²) in [7, 11) is 0. The van der Waals surface area contributed by atoms with Gasteiger partial charge in [0.15, 0.2) is 0 Å². The molecule has 5 heteroatoms. The van der Waals surface area contributed by atoms with Crippen LogP contribution in [0.4, 0.5) is 0 Å². The molecule has 2 rings (SSSR count). The van der Waals surface area contributed by atoms with Crippen LogP contribution in [0.3, 0.4) is 0 Å². The Labute approximate surface area is 151 Å². The second-order valence-electron chi connectivity index (χ2n) is 4.15. The maximum absolute atomic E-state index is 5.98. The van der Waals surface area contributed by atoms with Gasteiger partial charge in [-0.15, -0.1) is 0 Å². The molecule has 0 N–H and O–H groups in total. The Morgan fingerprint density at radius 3 is 2.16 bits per heavy atom. The number of alkyl halides is 1. The van der Waals surface area contributed by atoms with Crippen LogP contribution in [0.15, 0.2) is 43.7 Å². The minimum absolute atomic E-state index is 0.0883. The molecule has 0 aliphatic rings. The van der Waals surface area contributed by atoms with E-state index in [1.165, 1.54) is 11.1 Å². The topological polar surface area (TPSA) is 0 Å². The van der Waals surface area contributed by atoms with Gasteiger partial charge in [-0.3, -0.25) is 0 Å². The lowest BCUT2D eigenvalue weighted by molar-refractivity contribution is 1.14. The number of halogens is 5. The van der Waals surface area contributed by atoms with Gasteiger partial charge in [-0.1, -0.05) is 81.4 Å². The number of benzene rings is 2. The predicted octanol–water partition coefficient (Wildman–Crippen LogP) is 7.42. The summed E-state index contributed by atoms with van der Waals surface area (Å²) in [5, 5.41) is 0.722. The maximum atomic E-state index is 5.98. The molecule has 2 aromatic rings. The van der Waals surface area contributed by atoms with E-state index in [1.807, 2.05) is 18.2 Å². The quantitative estimate of drug-likeness (QED) is 0.354. The summed E-state index contributed by atoms with van der Waals surface area (Å²) in [6, 6.07) is 10.1. The van der Waals surface area contributed by atoms with Crippen LogP contribution in [0.2, 0.25) is 5.02 Å². The predicted molar refractivity (Wildman–Crippen MR) is 96.5 cm³/mol. The first-order valence-electron chi connectivity index (χ1n) is 5.44. The largest absolute Gasteiger partial charge is 0.0843 e. The Balaban J connectivity index is 2.49. The molecule has 1 unspecified atom stereocenters. The monoisotopic (exact) mass is 528 g/mol. The highest BCUT2D eigenvalue weighted by Crippen LogP contribution is 2.41. The summed E-state index contributed by atoms with van der Waals surface area (Å²) in [6.45, 7) is 2.07. The zero-order valence-corrected chi connectivity index (χ0v) is 17.0. The lowest BCUT2D eigenvalue weighted by atomic mass is 10.0. The molecule has 0 saturated heterocycles. The minimum Gasteiger partial charge on any atom is -0.0843 e. The fourth-order valence-electron chi connectivity index (χ4n) is 1.73. The van der Waals surface area contributed by atoms with E-state index in [9.17, 15) is 0 Å². The number of aryl methyl sites for hydroxylation is 1. The van der Waals surface area contributed by atoms with E-state index in [1.54, 1.807) is 0 Å². The van der Waals surface area contributed by atoms with Gasteiger partial charge in [0.05, 0.1) is 4.83 Å². The van der Waals surface area contributed by atoms with Crippen molar-refractivity contribution in [3.63, 3.8) is 0 Å². The van der Waals surface area contributed by atoms with Crippen molar-refractivity contribution in [3.8, 4) is 0 Å². The van der Waals surface area contributed by atoms with Crippen molar-refractivity contribution in [3.05, 3.63) is 65.5 Å². The van der Waals surface area contributed by atoms with Crippen molar-refractivity contribution >= 4 is 75.3 Å². The van der Waals surface area contributed by atoms with Crippen LogP contribution in [-0.2, 0) is 0 Å². The fourth-order valence-corrected chi connectivity index (χ4v) is 5.08. The number of hydrogen-bond acceptors (Lipinski definition) is 0. The molecule has 0 bridgehead atoms. The molecule has 0 aliphatic carbocycles. The molecule has 0 heterocycles. The molecular weight excluding hydrogens is 523 g/mol. The van der Waals surface area contributed by atoms with Crippen LogP contribution in [0.5, 0.6) is 0 Å². The number of hydrogen-bond donors (Lipinski definition) is 0.